The molecule has 2 aliphatic heterocycles. The summed E-state index contributed by atoms with van der Waals surface area (Å²) in [6.07, 6.45) is 6.10. The number of benzene rings is 1. The van der Waals surface area contributed by atoms with E-state index >= 15 is 0 Å². The molecule has 3 aromatic rings. The zero-order valence-electron chi connectivity index (χ0n) is 17.3. The predicted molar refractivity (Wildman–Crippen MR) is 115 cm³/mol. The maximum absolute atomic E-state index is 12.8. The Morgan fingerprint density at radius 1 is 1.00 bits per heavy atom. The molecule has 2 aromatic heterocycles. The van der Waals surface area contributed by atoms with E-state index in [1.807, 2.05) is 29.2 Å². The number of furan rings is 1. The molecule has 0 atom stereocenters. The van der Waals surface area contributed by atoms with Crippen molar-refractivity contribution in [3.63, 3.8) is 0 Å². The lowest BCUT2D eigenvalue weighted by molar-refractivity contribution is -0.126. The molecule has 2 fully saturated rings. The van der Waals surface area contributed by atoms with Gasteiger partial charge in [-0.15, -0.1) is 0 Å². The molecule has 5 rings (SSSR count). The van der Waals surface area contributed by atoms with Gasteiger partial charge in [-0.2, -0.15) is 4.98 Å². The number of para-hydroxylation sites is 2. The third-order valence-corrected chi connectivity index (χ3v) is 6.32. The monoisotopic (exact) mass is 422 g/mol. The van der Waals surface area contributed by atoms with E-state index in [2.05, 4.69) is 15.2 Å². The molecule has 2 saturated heterocycles. The van der Waals surface area contributed by atoms with Crippen LogP contribution in [0.2, 0.25) is 0 Å². The molecule has 0 aliphatic carbocycles. The zero-order valence-corrected chi connectivity index (χ0v) is 17.3. The van der Waals surface area contributed by atoms with Gasteiger partial charge in [-0.25, -0.2) is 0 Å². The highest BCUT2D eigenvalue weighted by atomic mass is 16.4. The molecule has 8 heteroatoms. The second kappa shape index (κ2) is 8.45. The molecular weight excluding hydrogens is 396 g/mol. The zero-order chi connectivity index (χ0) is 21.2. The second-order valence-electron chi connectivity index (χ2n) is 8.31. The van der Waals surface area contributed by atoms with E-state index < -0.39 is 0 Å². The molecular formula is C23H26N4O4. The Bertz CT molecular complexity index is 1010. The molecule has 2 aliphatic rings. The lowest BCUT2D eigenvalue weighted by Crippen LogP contribution is -2.49. The number of oxazole rings is 1. The lowest BCUT2D eigenvalue weighted by atomic mass is 9.95. The molecule has 8 nitrogen and oxygen atoms in total. The molecule has 0 radical (unpaired) electrons. The number of carbonyl (C=O) groups is 2. The molecule has 0 saturated carbocycles. The minimum absolute atomic E-state index is 0.00576. The summed E-state index contributed by atoms with van der Waals surface area (Å²) in [5.41, 5.74) is 2.22. The van der Waals surface area contributed by atoms with Gasteiger partial charge in [0.1, 0.15) is 11.8 Å². The average Bonchev–Trinajstić information content (AvgIpc) is 3.49. The molecule has 0 unspecified atom stereocenters. The average molecular weight is 422 g/mol. The van der Waals surface area contributed by atoms with Gasteiger partial charge < -0.3 is 24.0 Å². The topological polar surface area (TPSA) is 91.8 Å². The summed E-state index contributed by atoms with van der Waals surface area (Å²) in [7, 11) is 0. The van der Waals surface area contributed by atoms with Crippen LogP contribution in [-0.2, 0) is 4.79 Å². The Labute approximate surface area is 180 Å². The van der Waals surface area contributed by atoms with Crippen molar-refractivity contribution in [2.45, 2.75) is 31.7 Å². The number of aromatic nitrogens is 1. The quantitative estimate of drug-likeness (QED) is 0.695. The van der Waals surface area contributed by atoms with Crippen LogP contribution in [0.1, 0.15) is 36.0 Å². The van der Waals surface area contributed by atoms with Gasteiger partial charge in [0.2, 0.25) is 5.91 Å². The Hall–Kier alpha value is -3.29. The van der Waals surface area contributed by atoms with Crippen molar-refractivity contribution in [1.29, 1.82) is 0 Å². The third kappa shape index (κ3) is 4.15. The van der Waals surface area contributed by atoms with Gasteiger partial charge in [0.05, 0.1) is 11.8 Å². The third-order valence-electron chi connectivity index (χ3n) is 6.32. The predicted octanol–water partition coefficient (Wildman–Crippen LogP) is 3.06. The Kier molecular flexibility index (Phi) is 5.36. The minimum Gasteiger partial charge on any atom is -0.472 e. The van der Waals surface area contributed by atoms with Crippen molar-refractivity contribution in [2.24, 2.45) is 5.92 Å². The Balaban J connectivity index is 1.09. The second-order valence-corrected chi connectivity index (χ2v) is 8.31. The number of nitrogens with zero attached hydrogens (tertiary/aromatic N) is 3. The van der Waals surface area contributed by atoms with Crippen molar-refractivity contribution in [3.05, 3.63) is 48.4 Å². The standard InChI is InChI=1S/C23H26N4O4/c28-21(24-18-7-12-26(13-8-18)22(29)17-9-14-30-15-17)16-5-10-27(11-6-16)23-25-19-3-1-2-4-20(19)31-23/h1-4,9,14-16,18H,5-8,10-13H2,(H,24,28). The molecule has 4 heterocycles. The van der Waals surface area contributed by atoms with Crippen LogP contribution >= 0.6 is 0 Å². The fourth-order valence-corrected chi connectivity index (χ4v) is 4.44. The number of nitrogens with one attached hydrogen (secondary N) is 1. The van der Waals surface area contributed by atoms with E-state index in [1.165, 1.54) is 12.5 Å². The Morgan fingerprint density at radius 3 is 2.48 bits per heavy atom. The first-order valence-electron chi connectivity index (χ1n) is 10.9. The number of hydrogen-bond acceptors (Lipinski definition) is 6. The lowest BCUT2D eigenvalue weighted by Gasteiger charge is -2.34. The first-order valence-corrected chi connectivity index (χ1v) is 10.9. The maximum Gasteiger partial charge on any atom is 0.298 e. The SMILES string of the molecule is O=C(NC1CCN(C(=O)c2ccoc2)CC1)C1CCN(c2nc3ccccc3o2)CC1. The smallest absolute Gasteiger partial charge is 0.298 e. The molecule has 1 N–H and O–H groups in total. The first kappa shape index (κ1) is 19.7. The minimum atomic E-state index is -0.00917. The van der Waals surface area contributed by atoms with Gasteiger partial charge in [-0.1, -0.05) is 12.1 Å². The van der Waals surface area contributed by atoms with Crippen LogP contribution < -0.4 is 10.2 Å². The number of rotatable bonds is 4. The van der Waals surface area contributed by atoms with Crippen LogP contribution in [0, 0.1) is 5.92 Å². The number of amides is 2. The van der Waals surface area contributed by atoms with Crippen LogP contribution in [0.4, 0.5) is 6.01 Å². The first-order chi connectivity index (χ1) is 15.2. The fraction of sp³-hybridized carbons (Fsp3) is 0.435. The van der Waals surface area contributed by atoms with Gasteiger partial charge in [-0.3, -0.25) is 9.59 Å². The number of likely N-dealkylation sites (tertiary alicyclic amines) is 1. The number of carbonyl (C=O) groups excluding carboxylic acids is 2. The van der Waals surface area contributed by atoms with Crippen molar-refractivity contribution in [2.75, 3.05) is 31.1 Å². The number of fused-ring (bicyclic) bond motifs is 1. The van der Waals surface area contributed by atoms with E-state index in [4.69, 9.17) is 8.83 Å². The number of piperidine rings is 2. The Morgan fingerprint density at radius 2 is 1.77 bits per heavy atom. The normalized spacial score (nSPS) is 18.5. The van der Waals surface area contributed by atoms with E-state index in [9.17, 15) is 9.59 Å². The van der Waals surface area contributed by atoms with Crippen LogP contribution in [-0.4, -0.2) is 53.9 Å². The van der Waals surface area contributed by atoms with Gasteiger partial charge >= 0.3 is 0 Å². The fourth-order valence-electron chi connectivity index (χ4n) is 4.44. The summed E-state index contributed by atoms with van der Waals surface area (Å²) >= 11 is 0. The van der Waals surface area contributed by atoms with Gasteiger partial charge in [0.25, 0.3) is 11.9 Å². The molecule has 31 heavy (non-hydrogen) atoms. The molecule has 1 aromatic carbocycles. The summed E-state index contributed by atoms with van der Waals surface area (Å²) in [5, 5.41) is 3.21. The highest BCUT2D eigenvalue weighted by Gasteiger charge is 2.30. The van der Waals surface area contributed by atoms with Gasteiger partial charge in [-0.05, 0) is 43.9 Å². The molecule has 0 bridgehead atoms. The highest BCUT2D eigenvalue weighted by Crippen LogP contribution is 2.26. The van der Waals surface area contributed by atoms with E-state index in [1.54, 1.807) is 6.07 Å². The molecule has 2 amide bonds. The molecule has 162 valence electrons. The van der Waals surface area contributed by atoms with Crippen LogP contribution in [0.15, 0.2) is 51.7 Å². The number of hydrogen-bond donors (Lipinski definition) is 1. The van der Waals surface area contributed by atoms with Crippen molar-refractivity contribution < 1.29 is 18.4 Å². The maximum atomic E-state index is 12.8. The summed E-state index contributed by atoms with van der Waals surface area (Å²) in [6.45, 7) is 2.79. The van der Waals surface area contributed by atoms with Gasteiger partial charge in [0, 0.05) is 38.1 Å². The van der Waals surface area contributed by atoms with Crippen molar-refractivity contribution in [3.8, 4) is 0 Å². The van der Waals surface area contributed by atoms with E-state index in [0.29, 0.717) is 24.7 Å². The van der Waals surface area contributed by atoms with E-state index in [0.717, 1.165) is 49.9 Å². The van der Waals surface area contributed by atoms with Crippen LogP contribution in [0.3, 0.4) is 0 Å². The van der Waals surface area contributed by atoms with Crippen molar-refractivity contribution in [1.82, 2.24) is 15.2 Å². The van der Waals surface area contributed by atoms with E-state index in [-0.39, 0.29) is 23.8 Å². The highest BCUT2D eigenvalue weighted by molar-refractivity contribution is 5.93. The van der Waals surface area contributed by atoms with Crippen LogP contribution in [0.5, 0.6) is 0 Å². The van der Waals surface area contributed by atoms with Crippen molar-refractivity contribution >= 4 is 28.9 Å². The van der Waals surface area contributed by atoms with Crippen LogP contribution in [0.25, 0.3) is 11.1 Å². The molecule has 0 spiro atoms. The summed E-state index contributed by atoms with van der Waals surface area (Å²) in [5.74, 6) is 0.119. The van der Waals surface area contributed by atoms with Gasteiger partial charge in [0.15, 0.2) is 5.58 Å². The summed E-state index contributed by atoms with van der Waals surface area (Å²) in [4.78, 5) is 33.7. The number of anilines is 1. The largest absolute Gasteiger partial charge is 0.472 e. The summed E-state index contributed by atoms with van der Waals surface area (Å²) < 4.78 is 10.9. The summed E-state index contributed by atoms with van der Waals surface area (Å²) in [6, 6.07) is 10.2.